The maximum Gasteiger partial charge on any atom is 0.305 e. The molecule has 6 nitrogen and oxygen atoms in total. The minimum absolute atomic E-state index is 0.112. The van der Waals surface area contributed by atoms with E-state index in [4.69, 9.17) is 15.7 Å². The van der Waals surface area contributed by atoms with Gasteiger partial charge in [0.1, 0.15) is 0 Å². The summed E-state index contributed by atoms with van der Waals surface area (Å²) in [6.07, 6.45) is 0.198. The van der Waals surface area contributed by atoms with Crippen LogP contribution in [0.1, 0.15) is 24.4 Å². The normalized spacial score (nSPS) is 16.9. The zero-order valence-corrected chi connectivity index (χ0v) is 9.70. The van der Waals surface area contributed by atoms with Crippen molar-refractivity contribution in [1.82, 2.24) is 0 Å². The topological polar surface area (TPSA) is 92.9 Å². The first kappa shape index (κ1) is 12.5. The summed E-state index contributed by atoms with van der Waals surface area (Å²) in [6.45, 7) is 0.365. The Bertz CT molecular complexity index is 475. The molecule has 6 heteroatoms. The lowest BCUT2D eigenvalue weighted by molar-refractivity contribution is -0.137. The number of carbonyl (C=O) groups excluding carboxylic acids is 1. The number of amides is 1. The second-order valence-corrected chi connectivity index (χ2v) is 4.07. The van der Waals surface area contributed by atoms with Crippen LogP contribution in [0.2, 0.25) is 0 Å². The van der Waals surface area contributed by atoms with Crippen molar-refractivity contribution in [2.45, 2.75) is 18.9 Å². The number of nitrogens with zero attached hydrogens (tertiary/aromatic N) is 1. The third kappa shape index (κ3) is 2.66. The third-order valence-electron chi connectivity index (χ3n) is 2.69. The minimum atomic E-state index is -0.957. The summed E-state index contributed by atoms with van der Waals surface area (Å²) in [4.78, 5) is 27.3. The summed E-state index contributed by atoms with van der Waals surface area (Å²) in [5, 5.41) is 9.92. The van der Waals surface area contributed by atoms with Gasteiger partial charge in [-0.25, -0.2) is 0 Å². The molecular weight excluding hydrogens is 236 g/mol. The van der Waals surface area contributed by atoms with Crippen molar-refractivity contribution in [2.75, 3.05) is 11.7 Å². The Kier molecular flexibility index (Phi) is 3.59. The van der Waals surface area contributed by atoms with Gasteiger partial charge in [0.15, 0.2) is 0 Å². The van der Waals surface area contributed by atoms with Crippen molar-refractivity contribution in [1.29, 1.82) is 0 Å². The predicted octanol–water partition coefficient (Wildman–Crippen LogP) is 0.829. The first-order valence-corrected chi connectivity index (χ1v) is 5.61. The minimum Gasteiger partial charge on any atom is -0.481 e. The molecule has 0 spiro atoms. The standard InChI is InChI=1S/C12H14N2O4/c13-10(7-12(16)17)8-2-1-3-9(6-8)14-11(15)4-5-18-14/h1-3,6,10H,4-5,7,13H2,(H,16,17). The number of hydrogen-bond donors (Lipinski definition) is 2. The van der Waals surface area contributed by atoms with Crippen molar-refractivity contribution >= 4 is 17.6 Å². The third-order valence-corrected chi connectivity index (χ3v) is 2.69. The van der Waals surface area contributed by atoms with Crippen LogP contribution < -0.4 is 10.8 Å². The SMILES string of the molecule is NC(CC(=O)O)c1cccc(N2OCCC2=O)c1. The van der Waals surface area contributed by atoms with E-state index in [1.54, 1.807) is 24.3 Å². The van der Waals surface area contributed by atoms with Gasteiger partial charge < -0.3 is 10.8 Å². The molecule has 2 rings (SSSR count). The molecule has 1 aliphatic rings. The average molecular weight is 250 g/mol. The van der Waals surface area contributed by atoms with Gasteiger partial charge in [0.05, 0.1) is 25.1 Å². The second-order valence-electron chi connectivity index (χ2n) is 4.07. The van der Waals surface area contributed by atoms with Crippen LogP contribution in [0.4, 0.5) is 5.69 Å². The van der Waals surface area contributed by atoms with Crippen molar-refractivity contribution < 1.29 is 19.5 Å². The maximum atomic E-state index is 11.5. The van der Waals surface area contributed by atoms with Crippen molar-refractivity contribution in [3.8, 4) is 0 Å². The van der Waals surface area contributed by atoms with Crippen molar-refractivity contribution in [3.05, 3.63) is 29.8 Å². The highest BCUT2D eigenvalue weighted by Crippen LogP contribution is 2.24. The van der Waals surface area contributed by atoms with Crippen LogP contribution in [-0.2, 0) is 14.4 Å². The number of anilines is 1. The number of hydroxylamine groups is 1. The Balaban J connectivity index is 2.19. The Hall–Kier alpha value is -1.92. The predicted molar refractivity (Wildman–Crippen MR) is 63.7 cm³/mol. The van der Waals surface area contributed by atoms with Crippen LogP contribution in [0, 0.1) is 0 Å². The molecule has 0 aliphatic carbocycles. The van der Waals surface area contributed by atoms with E-state index < -0.39 is 12.0 Å². The number of benzene rings is 1. The fraction of sp³-hybridized carbons (Fsp3) is 0.333. The first-order chi connectivity index (χ1) is 8.58. The summed E-state index contributed by atoms with van der Waals surface area (Å²) in [6, 6.07) is 6.26. The molecule has 1 aromatic rings. The number of nitrogens with two attached hydrogens (primary N) is 1. The molecular formula is C12H14N2O4. The summed E-state index contributed by atoms with van der Waals surface area (Å²) < 4.78 is 0. The van der Waals surface area contributed by atoms with Crippen molar-refractivity contribution in [2.24, 2.45) is 5.73 Å². The van der Waals surface area contributed by atoms with Crippen LogP contribution in [0.3, 0.4) is 0 Å². The van der Waals surface area contributed by atoms with E-state index in [9.17, 15) is 9.59 Å². The van der Waals surface area contributed by atoms with Crippen LogP contribution in [0.25, 0.3) is 0 Å². The van der Waals surface area contributed by atoms with E-state index in [2.05, 4.69) is 0 Å². The fourth-order valence-electron chi connectivity index (χ4n) is 1.80. The summed E-state index contributed by atoms with van der Waals surface area (Å²) in [5.41, 5.74) is 7.02. The van der Waals surface area contributed by atoms with E-state index in [0.717, 1.165) is 0 Å². The van der Waals surface area contributed by atoms with Gasteiger partial charge in [-0.05, 0) is 17.7 Å². The molecule has 1 aromatic carbocycles. The molecule has 1 atom stereocenters. The molecule has 18 heavy (non-hydrogen) atoms. The number of carboxylic acids is 1. The quantitative estimate of drug-likeness (QED) is 0.825. The fourth-order valence-corrected chi connectivity index (χ4v) is 1.80. The summed E-state index contributed by atoms with van der Waals surface area (Å²) in [5.74, 6) is -1.07. The number of aliphatic carboxylic acids is 1. The van der Waals surface area contributed by atoms with Crippen molar-refractivity contribution in [3.63, 3.8) is 0 Å². The Morgan fingerprint density at radius 2 is 2.33 bits per heavy atom. The first-order valence-electron chi connectivity index (χ1n) is 5.61. The molecule has 1 amide bonds. The van der Waals surface area contributed by atoms with Gasteiger partial charge in [-0.3, -0.25) is 14.4 Å². The molecule has 1 aliphatic heterocycles. The van der Waals surface area contributed by atoms with Gasteiger partial charge >= 0.3 is 5.97 Å². The Morgan fingerprint density at radius 1 is 1.56 bits per heavy atom. The van der Waals surface area contributed by atoms with Gasteiger partial charge in [0.25, 0.3) is 5.91 Å². The molecule has 3 N–H and O–H groups in total. The van der Waals surface area contributed by atoms with Gasteiger partial charge in [-0.1, -0.05) is 12.1 Å². The van der Waals surface area contributed by atoms with E-state index in [1.165, 1.54) is 5.06 Å². The zero-order valence-electron chi connectivity index (χ0n) is 9.70. The van der Waals surface area contributed by atoms with Gasteiger partial charge in [-0.15, -0.1) is 0 Å². The molecule has 0 aromatic heterocycles. The van der Waals surface area contributed by atoms with E-state index in [0.29, 0.717) is 24.3 Å². The van der Waals surface area contributed by atoms with Crippen LogP contribution >= 0.6 is 0 Å². The van der Waals surface area contributed by atoms with Crippen LogP contribution in [-0.4, -0.2) is 23.6 Å². The molecule has 0 radical (unpaired) electrons. The van der Waals surface area contributed by atoms with Gasteiger partial charge in [0.2, 0.25) is 0 Å². The lowest BCUT2D eigenvalue weighted by Gasteiger charge is -2.16. The van der Waals surface area contributed by atoms with E-state index >= 15 is 0 Å². The number of rotatable bonds is 4. The molecule has 1 fully saturated rings. The highest BCUT2D eigenvalue weighted by atomic mass is 16.7. The molecule has 0 saturated carbocycles. The molecule has 96 valence electrons. The zero-order chi connectivity index (χ0) is 13.1. The van der Waals surface area contributed by atoms with E-state index in [1.807, 2.05) is 0 Å². The lowest BCUT2D eigenvalue weighted by atomic mass is 10.0. The van der Waals surface area contributed by atoms with E-state index in [-0.39, 0.29) is 12.3 Å². The Morgan fingerprint density at radius 3 is 2.94 bits per heavy atom. The smallest absolute Gasteiger partial charge is 0.305 e. The highest BCUT2D eigenvalue weighted by Gasteiger charge is 2.24. The van der Waals surface area contributed by atoms with Gasteiger partial charge in [-0.2, -0.15) is 5.06 Å². The maximum absolute atomic E-state index is 11.5. The second kappa shape index (κ2) is 5.16. The lowest BCUT2D eigenvalue weighted by Crippen LogP contribution is -2.23. The molecule has 1 unspecified atom stereocenters. The molecule has 0 bridgehead atoms. The summed E-state index contributed by atoms with van der Waals surface area (Å²) >= 11 is 0. The molecule has 1 saturated heterocycles. The largest absolute Gasteiger partial charge is 0.481 e. The van der Waals surface area contributed by atoms with Gasteiger partial charge in [0, 0.05) is 6.04 Å². The Labute approximate surface area is 104 Å². The summed E-state index contributed by atoms with van der Waals surface area (Å²) in [7, 11) is 0. The van der Waals surface area contributed by atoms with Crippen LogP contribution in [0.15, 0.2) is 24.3 Å². The highest BCUT2D eigenvalue weighted by molar-refractivity contribution is 5.92. The number of hydrogen-bond acceptors (Lipinski definition) is 4. The number of carboxylic acid groups (broad SMARTS) is 1. The average Bonchev–Trinajstić information content (AvgIpc) is 2.75. The van der Waals surface area contributed by atoms with Crippen LogP contribution in [0.5, 0.6) is 0 Å². The number of carbonyl (C=O) groups is 2. The molecule has 1 heterocycles. The monoisotopic (exact) mass is 250 g/mol.